The number of thiazole rings is 1. The Morgan fingerprint density at radius 1 is 1.14 bits per heavy atom. The van der Waals surface area contributed by atoms with Gasteiger partial charge in [-0.05, 0) is 12.1 Å². The number of morpholine rings is 1. The molecule has 0 radical (unpaired) electrons. The van der Waals surface area contributed by atoms with Gasteiger partial charge < -0.3 is 26.8 Å². The lowest BCUT2D eigenvalue weighted by molar-refractivity contribution is -0.684. The molecule has 3 aromatic rings. The highest BCUT2D eigenvalue weighted by Gasteiger charge is 2.24. The molecule has 2 aromatic carbocycles. The zero-order chi connectivity index (χ0) is 24.8. The van der Waals surface area contributed by atoms with Crippen LogP contribution in [0.2, 0.25) is 0 Å². The molecule has 0 bridgehead atoms. The topological polar surface area (TPSA) is 103 Å². The number of halogens is 1. The first-order valence-corrected chi connectivity index (χ1v) is 12.1. The molecule has 1 aliphatic rings. The van der Waals surface area contributed by atoms with Crippen molar-refractivity contribution in [2.75, 3.05) is 37.8 Å². The Balaban J connectivity index is 0.00000361. The van der Waals surface area contributed by atoms with Crippen molar-refractivity contribution in [3.05, 3.63) is 85.9 Å². The van der Waals surface area contributed by atoms with Gasteiger partial charge in [-0.3, -0.25) is 14.9 Å². The van der Waals surface area contributed by atoms with Gasteiger partial charge in [0.2, 0.25) is 17.8 Å². The number of carbonyl (C=O) groups excluding carboxylic acids is 2. The molecule has 1 aliphatic heterocycles. The van der Waals surface area contributed by atoms with Crippen molar-refractivity contribution in [1.82, 2.24) is 0 Å². The van der Waals surface area contributed by atoms with Crippen LogP contribution in [0.3, 0.4) is 0 Å². The molecule has 1 aromatic heterocycles. The summed E-state index contributed by atoms with van der Waals surface area (Å²) >= 11 is 1.50. The molecular weight excluding hydrogens is 506 g/mol. The SMILES string of the molecule is Cc1c(CCOC(=O)c2ccc(N3CCOCC3)c([N+](=O)[O-])c2)sc[n+]1CC(=O)c1ccccc1.[Cl-]. The van der Waals surface area contributed by atoms with Crippen molar-refractivity contribution in [3.63, 3.8) is 0 Å². The quantitative estimate of drug-likeness (QED) is 0.129. The Labute approximate surface area is 218 Å². The fourth-order valence-corrected chi connectivity index (χ4v) is 4.88. The van der Waals surface area contributed by atoms with Crippen molar-refractivity contribution < 1.29 is 41.0 Å². The van der Waals surface area contributed by atoms with Crippen molar-refractivity contribution in [2.24, 2.45) is 0 Å². The summed E-state index contributed by atoms with van der Waals surface area (Å²) in [6.07, 6.45) is 0.489. The lowest BCUT2D eigenvalue weighted by Crippen LogP contribution is -3.00. The highest BCUT2D eigenvalue weighted by Crippen LogP contribution is 2.30. The molecule has 0 spiro atoms. The molecule has 4 rings (SSSR count). The number of nitrogens with zero attached hydrogens (tertiary/aromatic N) is 3. The lowest BCUT2D eigenvalue weighted by atomic mass is 10.1. The third-order valence-corrected chi connectivity index (χ3v) is 7.03. The maximum atomic E-state index is 12.6. The number of nitro groups is 1. The minimum Gasteiger partial charge on any atom is -1.00 e. The van der Waals surface area contributed by atoms with E-state index in [1.54, 1.807) is 24.3 Å². The monoisotopic (exact) mass is 531 g/mol. The van der Waals surface area contributed by atoms with Crippen LogP contribution in [-0.2, 0) is 22.4 Å². The van der Waals surface area contributed by atoms with Crippen molar-refractivity contribution in [3.8, 4) is 0 Å². The van der Waals surface area contributed by atoms with Gasteiger partial charge in [-0.1, -0.05) is 41.7 Å². The Kier molecular flexibility index (Phi) is 9.51. The van der Waals surface area contributed by atoms with Crippen LogP contribution in [0.15, 0.2) is 54.0 Å². The summed E-state index contributed by atoms with van der Waals surface area (Å²) in [6, 6.07) is 13.6. The second-order valence-corrected chi connectivity index (χ2v) is 9.03. The van der Waals surface area contributed by atoms with E-state index in [-0.39, 0.29) is 42.6 Å². The number of anilines is 1. The van der Waals surface area contributed by atoms with Crippen LogP contribution in [-0.4, -0.2) is 49.6 Å². The van der Waals surface area contributed by atoms with Gasteiger partial charge in [-0.2, -0.15) is 4.57 Å². The van der Waals surface area contributed by atoms with E-state index in [1.807, 2.05) is 40.1 Å². The zero-order valence-electron chi connectivity index (χ0n) is 19.7. The number of Topliss-reactive ketones (excluding diaryl/α,β-unsaturated/α-hetero) is 1. The number of nitro benzene ring substituents is 1. The minimum absolute atomic E-state index is 0. The summed E-state index contributed by atoms with van der Waals surface area (Å²) in [5.74, 6) is -0.584. The van der Waals surface area contributed by atoms with Crippen molar-refractivity contribution >= 4 is 34.5 Å². The van der Waals surface area contributed by atoms with E-state index in [0.717, 1.165) is 10.6 Å². The lowest BCUT2D eigenvalue weighted by Gasteiger charge is -2.28. The number of carbonyl (C=O) groups is 2. The molecule has 190 valence electrons. The number of rotatable bonds is 9. The number of ketones is 1. The van der Waals surface area contributed by atoms with Crippen LogP contribution >= 0.6 is 11.3 Å². The van der Waals surface area contributed by atoms with Gasteiger partial charge in [-0.25, -0.2) is 4.79 Å². The fraction of sp³-hybridized carbons (Fsp3) is 0.320. The van der Waals surface area contributed by atoms with Gasteiger partial charge in [-0.15, -0.1) is 0 Å². The largest absolute Gasteiger partial charge is 1.00 e. The predicted octanol–water partition coefficient (Wildman–Crippen LogP) is 0.375. The standard InChI is InChI=1S/C25H26N3O6S.ClH/c1-18-24(35-17-27(18)16-23(29)19-5-3-2-4-6-19)9-12-34-25(30)20-7-8-21(22(15-20)28(31)32)26-10-13-33-14-11-26;/h2-8,15,17H,9-14,16H2,1H3;1H/q+1;/p-1. The van der Waals surface area contributed by atoms with Crippen LogP contribution in [0.4, 0.5) is 11.4 Å². The first-order valence-electron chi connectivity index (χ1n) is 11.3. The molecule has 0 aliphatic carbocycles. The average molecular weight is 532 g/mol. The predicted molar refractivity (Wildman–Crippen MR) is 130 cm³/mol. The van der Waals surface area contributed by atoms with E-state index >= 15 is 0 Å². The minimum atomic E-state index is -0.608. The molecule has 0 amide bonds. The summed E-state index contributed by atoms with van der Waals surface area (Å²) in [5.41, 5.74) is 3.98. The molecular formula is C25H26ClN3O6S. The Morgan fingerprint density at radius 2 is 1.86 bits per heavy atom. The third-order valence-electron chi connectivity index (χ3n) is 5.89. The number of ether oxygens (including phenoxy) is 2. The first-order chi connectivity index (χ1) is 16.9. The highest BCUT2D eigenvalue weighted by atomic mass is 35.5. The van der Waals surface area contributed by atoms with Gasteiger partial charge >= 0.3 is 5.97 Å². The van der Waals surface area contributed by atoms with Crippen LogP contribution in [0.25, 0.3) is 0 Å². The van der Waals surface area contributed by atoms with E-state index in [0.29, 0.717) is 44.0 Å². The zero-order valence-corrected chi connectivity index (χ0v) is 21.3. The summed E-state index contributed by atoms with van der Waals surface area (Å²) < 4.78 is 12.6. The molecule has 9 nitrogen and oxygen atoms in total. The van der Waals surface area contributed by atoms with Crippen LogP contribution in [0, 0.1) is 17.0 Å². The number of esters is 1. The van der Waals surface area contributed by atoms with Crippen LogP contribution in [0.5, 0.6) is 0 Å². The molecule has 0 saturated carbocycles. The van der Waals surface area contributed by atoms with Gasteiger partial charge in [0.15, 0.2) is 5.69 Å². The molecule has 11 heteroatoms. The summed E-state index contributed by atoms with van der Waals surface area (Å²) in [5, 5.41) is 11.6. The van der Waals surface area contributed by atoms with E-state index in [1.165, 1.54) is 17.4 Å². The molecule has 1 fully saturated rings. The van der Waals surface area contributed by atoms with E-state index in [9.17, 15) is 19.7 Å². The number of benzene rings is 2. The molecule has 0 unspecified atom stereocenters. The average Bonchev–Trinajstić information content (AvgIpc) is 3.23. The molecule has 2 heterocycles. The van der Waals surface area contributed by atoms with E-state index in [2.05, 4.69) is 0 Å². The van der Waals surface area contributed by atoms with Crippen LogP contribution < -0.4 is 21.9 Å². The maximum absolute atomic E-state index is 12.6. The molecule has 0 atom stereocenters. The molecule has 36 heavy (non-hydrogen) atoms. The second kappa shape index (κ2) is 12.6. The fourth-order valence-electron chi connectivity index (χ4n) is 3.91. The van der Waals surface area contributed by atoms with Gasteiger partial charge in [0.05, 0.1) is 35.2 Å². The van der Waals surface area contributed by atoms with Gasteiger partial charge in [0.25, 0.3) is 5.69 Å². The van der Waals surface area contributed by atoms with Gasteiger partial charge in [0.1, 0.15) is 5.69 Å². The maximum Gasteiger partial charge on any atom is 0.338 e. The Hall–Kier alpha value is -3.34. The Bertz CT molecular complexity index is 1230. The number of hydrogen-bond donors (Lipinski definition) is 0. The van der Waals surface area contributed by atoms with E-state index < -0.39 is 10.9 Å². The smallest absolute Gasteiger partial charge is 0.338 e. The molecule has 1 saturated heterocycles. The van der Waals surface area contributed by atoms with Gasteiger partial charge in [0, 0.05) is 38.1 Å². The highest BCUT2D eigenvalue weighted by molar-refractivity contribution is 7.09. The normalized spacial score (nSPS) is 13.1. The summed E-state index contributed by atoms with van der Waals surface area (Å²) in [6.45, 7) is 4.42. The van der Waals surface area contributed by atoms with Crippen LogP contribution in [0.1, 0.15) is 31.3 Å². The number of hydrogen-bond acceptors (Lipinski definition) is 8. The summed E-state index contributed by atoms with van der Waals surface area (Å²) in [7, 11) is 0. The Morgan fingerprint density at radius 3 is 2.56 bits per heavy atom. The van der Waals surface area contributed by atoms with Crippen molar-refractivity contribution in [2.45, 2.75) is 19.9 Å². The summed E-state index contributed by atoms with van der Waals surface area (Å²) in [4.78, 5) is 39.1. The second-order valence-electron chi connectivity index (χ2n) is 8.09. The molecule has 0 N–H and O–H groups in total. The van der Waals surface area contributed by atoms with E-state index in [4.69, 9.17) is 9.47 Å². The number of aromatic nitrogens is 1. The first kappa shape index (κ1) is 27.3. The van der Waals surface area contributed by atoms with Crippen molar-refractivity contribution in [1.29, 1.82) is 0 Å². The third kappa shape index (κ3) is 6.45.